The van der Waals surface area contributed by atoms with E-state index < -0.39 is 0 Å². The van der Waals surface area contributed by atoms with Crippen molar-refractivity contribution in [2.24, 2.45) is 0 Å². The number of nitrogens with one attached hydrogen (secondary N) is 1. The molecule has 0 unspecified atom stereocenters. The Kier molecular flexibility index (Phi) is 4.01. The Morgan fingerprint density at radius 3 is 2.62 bits per heavy atom. The fraction of sp³-hybridized carbons (Fsp3) is 0.190. The molecule has 1 heterocycles. The van der Waals surface area contributed by atoms with E-state index in [0.29, 0.717) is 0 Å². The highest BCUT2D eigenvalue weighted by Gasteiger charge is 2.11. The van der Waals surface area contributed by atoms with Crippen LogP contribution < -0.4 is 5.32 Å². The van der Waals surface area contributed by atoms with Gasteiger partial charge in [0.25, 0.3) is 0 Å². The molecule has 0 bridgehead atoms. The van der Waals surface area contributed by atoms with Gasteiger partial charge in [0.2, 0.25) is 0 Å². The largest absolute Gasteiger partial charge is 0.323 e. The van der Waals surface area contributed by atoms with Gasteiger partial charge in [0, 0.05) is 19.5 Å². The lowest BCUT2D eigenvalue weighted by molar-refractivity contribution is 0.697. The van der Waals surface area contributed by atoms with E-state index in [1.54, 1.807) is 0 Å². The molecule has 1 aromatic heterocycles. The lowest BCUT2D eigenvalue weighted by atomic mass is 10.0. The number of hydrogen-bond donors (Lipinski definition) is 1. The summed E-state index contributed by atoms with van der Waals surface area (Å²) >= 11 is 0. The summed E-state index contributed by atoms with van der Waals surface area (Å²) in [5.41, 5.74) is 3.61. The van der Waals surface area contributed by atoms with Gasteiger partial charge in [-0.15, -0.1) is 0 Å². The Morgan fingerprint density at radius 1 is 0.917 bits per heavy atom. The number of likely N-dealkylation sites (N-methyl/N-ethyl adjacent to an activating group) is 1. The molecule has 4 rings (SSSR count). The maximum Gasteiger partial charge on any atom is 0.111 e. The van der Waals surface area contributed by atoms with Crippen molar-refractivity contribution in [2.45, 2.75) is 13.0 Å². The first-order valence-corrected chi connectivity index (χ1v) is 8.42. The van der Waals surface area contributed by atoms with E-state index >= 15 is 0 Å². The van der Waals surface area contributed by atoms with Gasteiger partial charge in [-0.25, -0.2) is 4.98 Å². The van der Waals surface area contributed by atoms with Crippen LogP contribution in [-0.4, -0.2) is 23.1 Å². The number of aromatic nitrogens is 2. The van der Waals surface area contributed by atoms with Crippen LogP contribution in [0.5, 0.6) is 0 Å². The van der Waals surface area contributed by atoms with Crippen molar-refractivity contribution in [3.05, 3.63) is 78.1 Å². The number of imidazole rings is 1. The molecule has 0 spiro atoms. The molecule has 0 aliphatic heterocycles. The summed E-state index contributed by atoms with van der Waals surface area (Å²) in [5.74, 6) is 1.14. The molecule has 3 nitrogen and oxygen atoms in total. The molecule has 0 saturated carbocycles. The van der Waals surface area contributed by atoms with Crippen LogP contribution in [0.25, 0.3) is 21.8 Å². The van der Waals surface area contributed by atoms with Crippen LogP contribution in [0.15, 0.2) is 66.7 Å². The fourth-order valence-corrected chi connectivity index (χ4v) is 3.33. The molecule has 0 radical (unpaired) electrons. The Hall–Kier alpha value is -2.65. The van der Waals surface area contributed by atoms with Crippen molar-refractivity contribution in [3.63, 3.8) is 0 Å². The molecule has 0 amide bonds. The van der Waals surface area contributed by atoms with Crippen molar-refractivity contribution in [1.29, 1.82) is 0 Å². The second-order valence-corrected chi connectivity index (χ2v) is 6.09. The molecule has 3 heteroatoms. The molecule has 120 valence electrons. The highest BCUT2D eigenvalue weighted by molar-refractivity contribution is 5.86. The molecule has 4 aromatic rings. The minimum Gasteiger partial charge on any atom is -0.323 e. The predicted octanol–water partition coefficient (Wildman–Crippen LogP) is 4.00. The van der Waals surface area contributed by atoms with Crippen LogP contribution in [0, 0.1) is 0 Å². The molecule has 0 atom stereocenters. The van der Waals surface area contributed by atoms with Crippen LogP contribution in [0.3, 0.4) is 0 Å². The van der Waals surface area contributed by atoms with Gasteiger partial charge >= 0.3 is 0 Å². The monoisotopic (exact) mass is 315 g/mol. The van der Waals surface area contributed by atoms with Gasteiger partial charge in [0.05, 0.1) is 11.0 Å². The maximum absolute atomic E-state index is 4.85. The number of hydrogen-bond acceptors (Lipinski definition) is 2. The summed E-state index contributed by atoms with van der Waals surface area (Å²) in [6, 6.07) is 23.5. The van der Waals surface area contributed by atoms with Crippen molar-refractivity contribution >= 4 is 21.8 Å². The Bertz CT molecular complexity index is 979. The lowest BCUT2D eigenvalue weighted by Crippen LogP contribution is -2.14. The van der Waals surface area contributed by atoms with E-state index in [0.717, 1.165) is 30.9 Å². The number of nitrogens with zero attached hydrogens (tertiary/aromatic N) is 2. The molecule has 3 aromatic carbocycles. The summed E-state index contributed by atoms with van der Waals surface area (Å²) in [7, 11) is 1.98. The average Bonchev–Trinajstić information content (AvgIpc) is 2.98. The number of benzene rings is 3. The minimum atomic E-state index is 0.848. The molecular weight excluding hydrogens is 294 g/mol. The van der Waals surface area contributed by atoms with E-state index in [9.17, 15) is 0 Å². The van der Waals surface area contributed by atoms with Gasteiger partial charge < -0.3 is 9.88 Å². The Labute approximate surface area is 142 Å². The summed E-state index contributed by atoms with van der Waals surface area (Å²) in [5, 5.41) is 5.83. The highest BCUT2D eigenvalue weighted by atomic mass is 15.1. The van der Waals surface area contributed by atoms with Crippen LogP contribution in [-0.2, 0) is 13.0 Å². The molecule has 0 aliphatic carbocycles. The van der Waals surface area contributed by atoms with E-state index in [4.69, 9.17) is 4.98 Å². The van der Waals surface area contributed by atoms with Crippen molar-refractivity contribution in [1.82, 2.24) is 14.9 Å². The zero-order chi connectivity index (χ0) is 16.4. The second-order valence-electron chi connectivity index (χ2n) is 6.09. The zero-order valence-corrected chi connectivity index (χ0v) is 13.9. The molecule has 0 saturated heterocycles. The van der Waals surface area contributed by atoms with Gasteiger partial charge in [-0.3, -0.25) is 0 Å². The average molecular weight is 315 g/mol. The van der Waals surface area contributed by atoms with Crippen molar-refractivity contribution in [3.8, 4) is 0 Å². The SMILES string of the molecule is CNCCc1nc2ccccc2n1Cc1cccc2ccccc12. The normalized spacial score (nSPS) is 11.4. The summed E-state index contributed by atoms with van der Waals surface area (Å²) in [4.78, 5) is 4.85. The second kappa shape index (κ2) is 6.46. The van der Waals surface area contributed by atoms with Crippen molar-refractivity contribution in [2.75, 3.05) is 13.6 Å². The first-order chi connectivity index (χ1) is 11.9. The van der Waals surface area contributed by atoms with Gasteiger partial charge in [0.15, 0.2) is 0 Å². The van der Waals surface area contributed by atoms with E-state index in [1.807, 2.05) is 7.05 Å². The van der Waals surface area contributed by atoms with Crippen LogP contribution in [0.1, 0.15) is 11.4 Å². The standard InChI is InChI=1S/C21H21N3/c1-22-14-13-21-23-19-11-4-5-12-20(19)24(21)15-17-9-6-8-16-7-2-3-10-18(16)17/h2-12,22H,13-15H2,1H3. The minimum absolute atomic E-state index is 0.848. The van der Waals surface area contributed by atoms with Crippen LogP contribution >= 0.6 is 0 Å². The van der Waals surface area contributed by atoms with Gasteiger partial charge in [-0.1, -0.05) is 54.6 Å². The third-order valence-electron chi connectivity index (χ3n) is 4.54. The van der Waals surface area contributed by atoms with Gasteiger partial charge in [0.1, 0.15) is 5.82 Å². The van der Waals surface area contributed by atoms with E-state index in [-0.39, 0.29) is 0 Å². The molecule has 0 aliphatic rings. The lowest BCUT2D eigenvalue weighted by Gasteiger charge is -2.12. The van der Waals surface area contributed by atoms with Crippen LogP contribution in [0.2, 0.25) is 0 Å². The van der Waals surface area contributed by atoms with Crippen LogP contribution in [0.4, 0.5) is 0 Å². The summed E-state index contributed by atoms with van der Waals surface area (Å²) < 4.78 is 2.36. The number of rotatable bonds is 5. The summed E-state index contributed by atoms with van der Waals surface area (Å²) in [6.07, 6.45) is 0.927. The smallest absolute Gasteiger partial charge is 0.111 e. The highest BCUT2D eigenvalue weighted by Crippen LogP contribution is 2.23. The van der Waals surface area contributed by atoms with E-state index in [1.165, 1.54) is 21.9 Å². The number of fused-ring (bicyclic) bond motifs is 2. The molecule has 1 N–H and O–H groups in total. The quantitative estimate of drug-likeness (QED) is 0.603. The first-order valence-electron chi connectivity index (χ1n) is 8.42. The molecule has 0 fully saturated rings. The molecular formula is C21H21N3. The van der Waals surface area contributed by atoms with Crippen molar-refractivity contribution < 1.29 is 0 Å². The molecule has 24 heavy (non-hydrogen) atoms. The first kappa shape index (κ1) is 14.9. The van der Waals surface area contributed by atoms with E-state index in [2.05, 4.69) is 76.6 Å². The predicted molar refractivity (Wildman–Crippen MR) is 100 cm³/mol. The third kappa shape index (κ3) is 2.68. The summed E-state index contributed by atoms with van der Waals surface area (Å²) in [6.45, 7) is 1.78. The third-order valence-corrected chi connectivity index (χ3v) is 4.54. The maximum atomic E-state index is 4.85. The Balaban J connectivity index is 1.83. The van der Waals surface area contributed by atoms with Gasteiger partial charge in [-0.2, -0.15) is 0 Å². The topological polar surface area (TPSA) is 29.9 Å². The van der Waals surface area contributed by atoms with Gasteiger partial charge in [-0.05, 0) is 35.5 Å². The fourth-order valence-electron chi connectivity index (χ4n) is 3.33. The Morgan fingerprint density at radius 2 is 1.71 bits per heavy atom. The number of para-hydroxylation sites is 2. The zero-order valence-electron chi connectivity index (χ0n) is 13.9.